The minimum atomic E-state index is -4.57. The summed E-state index contributed by atoms with van der Waals surface area (Å²) in [5.74, 6) is 0. The van der Waals surface area contributed by atoms with Crippen molar-refractivity contribution in [2.45, 2.75) is 11.8 Å². The molecule has 0 spiro atoms. The van der Waals surface area contributed by atoms with Crippen LogP contribution < -0.4 is 15.2 Å². The zero-order chi connectivity index (χ0) is 21.3. The number of nitrogen functional groups attached to an aromatic ring is 1. The molecule has 2 aromatic rings. The number of nitrogens with two attached hydrogens (primary N) is 1. The molecule has 28 heavy (non-hydrogen) atoms. The average molecular weight is 429 g/mol. The lowest BCUT2D eigenvalue weighted by Crippen LogP contribution is -2.39. The van der Waals surface area contributed by atoms with E-state index in [1.165, 1.54) is 11.1 Å². The Bertz CT molecular complexity index is 1110. The van der Waals surface area contributed by atoms with E-state index in [2.05, 4.69) is 5.32 Å². The standard InChI is InChI=1S/C15H19N5O6S2/c1-10-8-13(27(23,24)18-28(25,26)19(2)3)9-14(20(21)22)15(10)17-12-6-4-11(16)5-7-12/h4-9,17-18H,16H2,1-3H3. The predicted octanol–water partition coefficient (Wildman–Crippen LogP) is 1.31. The highest BCUT2D eigenvalue weighted by molar-refractivity contribution is 8.03. The summed E-state index contributed by atoms with van der Waals surface area (Å²) in [7, 11) is -6.59. The summed E-state index contributed by atoms with van der Waals surface area (Å²) in [6, 6.07) is 8.33. The van der Waals surface area contributed by atoms with Gasteiger partial charge >= 0.3 is 0 Å². The smallest absolute Gasteiger partial charge is 0.294 e. The molecule has 152 valence electrons. The van der Waals surface area contributed by atoms with Crippen molar-refractivity contribution in [1.82, 2.24) is 8.43 Å². The van der Waals surface area contributed by atoms with E-state index in [4.69, 9.17) is 5.73 Å². The van der Waals surface area contributed by atoms with E-state index in [1.807, 2.05) is 0 Å². The van der Waals surface area contributed by atoms with Crippen LogP contribution in [0.5, 0.6) is 0 Å². The number of nitrogens with zero attached hydrogens (tertiary/aromatic N) is 2. The summed E-state index contributed by atoms with van der Waals surface area (Å²) in [6.45, 7) is 1.46. The Hall–Kier alpha value is -2.74. The fraction of sp³-hybridized carbons (Fsp3) is 0.200. The Morgan fingerprint density at radius 3 is 2.14 bits per heavy atom. The van der Waals surface area contributed by atoms with Crippen LogP contribution in [-0.4, -0.2) is 40.2 Å². The molecule has 0 amide bonds. The van der Waals surface area contributed by atoms with E-state index in [9.17, 15) is 26.9 Å². The van der Waals surface area contributed by atoms with Crippen molar-refractivity contribution in [3.8, 4) is 0 Å². The van der Waals surface area contributed by atoms with Gasteiger partial charge in [-0.15, -0.1) is 0 Å². The first kappa shape index (κ1) is 21.6. The molecule has 0 atom stereocenters. The van der Waals surface area contributed by atoms with Crippen LogP contribution in [0.3, 0.4) is 0 Å². The number of nitrogens with one attached hydrogen (secondary N) is 2. The third kappa shape index (κ3) is 4.75. The number of hydrogen-bond donors (Lipinski definition) is 3. The second kappa shape index (κ2) is 7.71. The number of benzene rings is 2. The summed E-state index contributed by atoms with van der Waals surface area (Å²) < 4.78 is 50.7. The SMILES string of the molecule is Cc1cc(S(=O)(=O)NS(=O)(=O)N(C)C)cc([N+](=O)[O-])c1Nc1ccc(N)cc1. The van der Waals surface area contributed by atoms with Crippen molar-refractivity contribution in [3.05, 3.63) is 52.1 Å². The van der Waals surface area contributed by atoms with Gasteiger partial charge in [0, 0.05) is 31.5 Å². The molecule has 13 heteroatoms. The quantitative estimate of drug-likeness (QED) is 0.337. The molecular formula is C15H19N5O6S2. The Balaban J connectivity index is 2.53. The van der Waals surface area contributed by atoms with E-state index in [0.29, 0.717) is 15.7 Å². The van der Waals surface area contributed by atoms with Gasteiger partial charge < -0.3 is 11.1 Å². The Kier molecular flexibility index (Phi) is 5.94. The highest BCUT2D eigenvalue weighted by Gasteiger charge is 2.28. The first-order chi connectivity index (χ1) is 12.8. The Labute approximate surface area is 162 Å². The van der Waals surface area contributed by atoms with Gasteiger partial charge in [0.2, 0.25) is 0 Å². The van der Waals surface area contributed by atoms with Crippen molar-refractivity contribution in [2.75, 3.05) is 25.1 Å². The lowest BCUT2D eigenvalue weighted by atomic mass is 10.1. The van der Waals surface area contributed by atoms with E-state index in [1.54, 1.807) is 24.3 Å². The third-order valence-electron chi connectivity index (χ3n) is 3.67. The van der Waals surface area contributed by atoms with Crippen LogP contribution in [0.1, 0.15) is 5.56 Å². The van der Waals surface area contributed by atoms with Crippen LogP contribution in [0.2, 0.25) is 0 Å². The van der Waals surface area contributed by atoms with Crippen molar-refractivity contribution in [2.24, 2.45) is 0 Å². The molecule has 0 saturated carbocycles. The van der Waals surface area contributed by atoms with Gasteiger partial charge in [-0.3, -0.25) is 10.1 Å². The number of rotatable bonds is 7. The minimum Gasteiger partial charge on any atom is -0.399 e. The lowest BCUT2D eigenvalue weighted by Gasteiger charge is -2.15. The van der Waals surface area contributed by atoms with Crippen LogP contribution in [-0.2, 0) is 20.2 Å². The highest BCUT2D eigenvalue weighted by Crippen LogP contribution is 2.34. The van der Waals surface area contributed by atoms with Crippen LogP contribution in [0, 0.1) is 17.0 Å². The molecule has 0 bridgehead atoms. The Morgan fingerprint density at radius 1 is 1.07 bits per heavy atom. The molecule has 4 N–H and O–H groups in total. The average Bonchev–Trinajstić information content (AvgIpc) is 2.56. The van der Waals surface area contributed by atoms with Gasteiger partial charge in [0.05, 0.1) is 9.82 Å². The first-order valence-electron chi connectivity index (χ1n) is 7.71. The lowest BCUT2D eigenvalue weighted by molar-refractivity contribution is -0.384. The number of anilines is 3. The second-order valence-corrected chi connectivity index (χ2v) is 9.84. The van der Waals surface area contributed by atoms with E-state index in [0.717, 1.165) is 26.2 Å². The van der Waals surface area contributed by atoms with Crippen LogP contribution in [0.25, 0.3) is 0 Å². The van der Waals surface area contributed by atoms with Crippen LogP contribution in [0.15, 0.2) is 41.3 Å². The zero-order valence-corrected chi connectivity index (χ0v) is 16.8. The summed E-state index contributed by atoms with van der Waals surface area (Å²) in [5.41, 5.74) is 6.39. The van der Waals surface area contributed by atoms with E-state index >= 15 is 0 Å². The van der Waals surface area contributed by atoms with Gasteiger partial charge in [-0.25, -0.2) is 8.42 Å². The topological polar surface area (TPSA) is 165 Å². The highest BCUT2D eigenvalue weighted by atomic mass is 32.3. The first-order valence-corrected chi connectivity index (χ1v) is 10.6. The van der Waals surface area contributed by atoms with Crippen LogP contribution >= 0.6 is 0 Å². The van der Waals surface area contributed by atoms with Crippen molar-refractivity contribution >= 4 is 43.0 Å². The van der Waals surface area contributed by atoms with Gasteiger partial charge in [-0.05, 0) is 42.8 Å². The van der Waals surface area contributed by atoms with E-state index in [-0.39, 0.29) is 11.3 Å². The number of aryl methyl sites for hydroxylation is 1. The number of nitro benzene ring substituents is 1. The van der Waals surface area contributed by atoms with Gasteiger partial charge in [0.1, 0.15) is 5.69 Å². The molecule has 2 rings (SSSR count). The van der Waals surface area contributed by atoms with Gasteiger partial charge in [-0.1, -0.05) is 4.13 Å². The number of sulfonamides is 1. The molecule has 0 fully saturated rings. The van der Waals surface area contributed by atoms with Crippen molar-refractivity contribution in [3.63, 3.8) is 0 Å². The monoisotopic (exact) mass is 429 g/mol. The number of hydrogen-bond acceptors (Lipinski definition) is 8. The maximum absolute atomic E-state index is 12.4. The maximum atomic E-state index is 12.4. The molecule has 0 unspecified atom stereocenters. The molecule has 0 radical (unpaired) electrons. The van der Waals surface area contributed by atoms with Gasteiger partial charge in [-0.2, -0.15) is 12.7 Å². The Morgan fingerprint density at radius 2 is 1.64 bits per heavy atom. The molecule has 0 aliphatic carbocycles. The molecule has 0 saturated heterocycles. The molecule has 11 nitrogen and oxygen atoms in total. The maximum Gasteiger partial charge on any atom is 0.294 e. The molecular weight excluding hydrogens is 410 g/mol. The van der Waals surface area contributed by atoms with Crippen LogP contribution in [0.4, 0.5) is 22.7 Å². The minimum absolute atomic E-state index is 0.0733. The molecule has 0 heterocycles. The normalized spacial score (nSPS) is 12.1. The zero-order valence-electron chi connectivity index (χ0n) is 15.2. The number of nitro groups is 1. The second-order valence-electron chi connectivity index (χ2n) is 6.01. The summed E-state index contributed by atoms with van der Waals surface area (Å²) in [5, 5.41) is 14.4. The molecule has 0 aliphatic heterocycles. The van der Waals surface area contributed by atoms with Gasteiger partial charge in [0.25, 0.3) is 25.9 Å². The molecule has 0 aliphatic rings. The summed E-state index contributed by atoms with van der Waals surface area (Å²) in [6.07, 6.45) is 0. The molecule has 2 aromatic carbocycles. The molecule has 0 aromatic heterocycles. The van der Waals surface area contributed by atoms with Crippen molar-refractivity contribution < 1.29 is 21.8 Å². The van der Waals surface area contributed by atoms with Crippen molar-refractivity contribution in [1.29, 1.82) is 0 Å². The fourth-order valence-corrected chi connectivity index (χ4v) is 4.86. The predicted molar refractivity (Wildman–Crippen MR) is 105 cm³/mol. The van der Waals surface area contributed by atoms with Gasteiger partial charge in [0.15, 0.2) is 0 Å². The summed E-state index contributed by atoms with van der Waals surface area (Å²) >= 11 is 0. The fourth-order valence-electron chi connectivity index (χ4n) is 2.17. The summed E-state index contributed by atoms with van der Waals surface area (Å²) in [4.78, 5) is 10.2. The van der Waals surface area contributed by atoms with E-state index < -0.39 is 35.7 Å². The third-order valence-corrected chi connectivity index (χ3v) is 7.21. The largest absolute Gasteiger partial charge is 0.399 e.